The summed E-state index contributed by atoms with van der Waals surface area (Å²) in [5.74, 6) is 0.328. The van der Waals surface area contributed by atoms with E-state index >= 15 is 0 Å². The predicted octanol–water partition coefficient (Wildman–Crippen LogP) is 3.47. The molecule has 6 nitrogen and oxygen atoms in total. The summed E-state index contributed by atoms with van der Waals surface area (Å²) < 4.78 is 5.97. The molecule has 0 aliphatic heterocycles. The molecular weight excluding hydrogens is 330 g/mol. The fourth-order valence-electron chi connectivity index (χ4n) is 2.50. The molecule has 0 aliphatic carbocycles. The SMILES string of the molecule is Cc1cc(O[C@H](C)c2ccccc2)ccc1NC(=O)c1ccc(=O)[nH]n1. The highest BCUT2D eigenvalue weighted by atomic mass is 16.5. The van der Waals surface area contributed by atoms with E-state index in [-0.39, 0.29) is 17.4 Å². The maximum Gasteiger partial charge on any atom is 0.276 e. The third-order valence-corrected chi connectivity index (χ3v) is 3.94. The zero-order chi connectivity index (χ0) is 18.5. The van der Waals surface area contributed by atoms with E-state index in [1.165, 1.54) is 12.1 Å². The molecule has 1 amide bonds. The number of H-pyrrole nitrogens is 1. The van der Waals surface area contributed by atoms with Crippen molar-refractivity contribution in [3.05, 3.63) is 87.8 Å². The van der Waals surface area contributed by atoms with Crippen LogP contribution in [0.15, 0.2) is 65.5 Å². The van der Waals surface area contributed by atoms with Gasteiger partial charge in [0.25, 0.3) is 11.5 Å². The molecule has 6 heteroatoms. The van der Waals surface area contributed by atoms with Gasteiger partial charge < -0.3 is 10.1 Å². The summed E-state index contributed by atoms with van der Waals surface area (Å²) in [6.07, 6.45) is -0.0821. The van der Waals surface area contributed by atoms with Crippen molar-refractivity contribution in [3.8, 4) is 5.75 Å². The van der Waals surface area contributed by atoms with Crippen molar-refractivity contribution >= 4 is 11.6 Å². The topological polar surface area (TPSA) is 84.1 Å². The second kappa shape index (κ2) is 7.65. The van der Waals surface area contributed by atoms with Crippen LogP contribution < -0.4 is 15.6 Å². The Morgan fingerprint density at radius 1 is 1.12 bits per heavy atom. The highest BCUT2D eigenvalue weighted by Crippen LogP contribution is 2.26. The number of carbonyl (C=O) groups excluding carboxylic acids is 1. The van der Waals surface area contributed by atoms with Gasteiger partial charge in [-0.25, -0.2) is 5.10 Å². The van der Waals surface area contributed by atoms with Crippen molar-refractivity contribution in [1.82, 2.24) is 10.2 Å². The number of hydrogen-bond donors (Lipinski definition) is 2. The van der Waals surface area contributed by atoms with E-state index in [0.717, 1.165) is 16.9 Å². The Kier molecular flexibility index (Phi) is 5.12. The molecule has 2 aromatic carbocycles. The van der Waals surface area contributed by atoms with E-state index in [2.05, 4.69) is 15.5 Å². The second-order valence-electron chi connectivity index (χ2n) is 5.91. The third kappa shape index (κ3) is 4.16. The lowest BCUT2D eigenvalue weighted by Crippen LogP contribution is -2.18. The molecule has 26 heavy (non-hydrogen) atoms. The van der Waals surface area contributed by atoms with Crippen molar-refractivity contribution in [2.45, 2.75) is 20.0 Å². The Morgan fingerprint density at radius 3 is 2.54 bits per heavy atom. The first-order valence-electron chi connectivity index (χ1n) is 8.22. The van der Waals surface area contributed by atoms with Gasteiger partial charge in [-0.05, 0) is 49.2 Å². The number of amides is 1. The summed E-state index contributed by atoms with van der Waals surface area (Å²) in [5, 5.41) is 8.74. The van der Waals surface area contributed by atoms with Crippen LogP contribution in [0.25, 0.3) is 0 Å². The molecular formula is C20H19N3O3. The predicted molar refractivity (Wildman–Crippen MR) is 99.5 cm³/mol. The fraction of sp³-hybridized carbons (Fsp3) is 0.150. The normalized spacial score (nSPS) is 11.6. The van der Waals surface area contributed by atoms with Crippen LogP contribution in [-0.2, 0) is 0 Å². The van der Waals surface area contributed by atoms with Crippen molar-refractivity contribution in [1.29, 1.82) is 0 Å². The number of nitrogens with one attached hydrogen (secondary N) is 2. The summed E-state index contributed by atoms with van der Waals surface area (Å²) in [5.41, 5.74) is 2.39. The van der Waals surface area contributed by atoms with E-state index in [4.69, 9.17) is 4.74 Å². The van der Waals surface area contributed by atoms with E-state index in [1.807, 2.05) is 56.3 Å². The van der Waals surface area contributed by atoms with E-state index in [1.54, 1.807) is 6.07 Å². The molecule has 1 aromatic heterocycles. The highest BCUT2D eigenvalue weighted by Gasteiger charge is 2.11. The van der Waals surface area contributed by atoms with Crippen LogP contribution in [0.5, 0.6) is 5.75 Å². The lowest BCUT2D eigenvalue weighted by molar-refractivity contribution is 0.102. The largest absolute Gasteiger partial charge is 0.486 e. The Labute approximate surface area is 150 Å². The minimum Gasteiger partial charge on any atom is -0.486 e. The monoisotopic (exact) mass is 349 g/mol. The maximum atomic E-state index is 12.2. The van der Waals surface area contributed by atoms with Crippen LogP contribution in [0.1, 0.15) is 34.6 Å². The average molecular weight is 349 g/mol. The Bertz CT molecular complexity index is 947. The molecule has 132 valence electrons. The van der Waals surface area contributed by atoms with Crippen molar-refractivity contribution in [3.63, 3.8) is 0 Å². The molecule has 0 unspecified atom stereocenters. The quantitative estimate of drug-likeness (QED) is 0.739. The van der Waals surface area contributed by atoms with E-state index < -0.39 is 5.91 Å². The van der Waals surface area contributed by atoms with Crippen LogP contribution in [0.4, 0.5) is 5.69 Å². The van der Waals surface area contributed by atoms with Crippen LogP contribution >= 0.6 is 0 Å². The molecule has 0 spiro atoms. The summed E-state index contributed by atoms with van der Waals surface area (Å²) in [6.45, 7) is 3.87. The van der Waals surface area contributed by atoms with Crippen LogP contribution in [-0.4, -0.2) is 16.1 Å². The maximum absolute atomic E-state index is 12.2. The number of aromatic amines is 1. The smallest absolute Gasteiger partial charge is 0.276 e. The van der Waals surface area contributed by atoms with Gasteiger partial charge in [-0.1, -0.05) is 30.3 Å². The summed E-state index contributed by atoms with van der Waals surface area (Å²) in [7, 11) is 0. The second-order valence-corrected chi connectivity index (χ2v) is 5.91. The van der Waals surface area contributed by atoms with Gasteiger partial charge in [-0.3, -0.25) is 9.59 Å². The standard InChI is InChI=1S/C20H19N3O3/c1-13-12-16(26-14(2)15-6-4-3-5-7-15)8-9-17(13)21-20(25)18-10-11-19(24)23-22-18/h3-12,14H,1-2H3,(H,21,25)(H,23,24)/t14-/m1/s1. The zero-order valence-electron chi connectivity index (χ0n) is 14.5. The van der Waals surface area contributed by atoms with Gasteiger partial charge in [0, 0.05) is 11.8 Å². The molecule has 1 heterocycles. The van der Waals surface area contributed by atoms with Gasteiger partial charge in [-0.15, -0.1) is 0 Å². The molecule has 0 fully saturated rings. The van der Waals surface area contributed by atoms with Gasteiger partial charge >= 0.3 is 0 Å². The van der Waals surface area contributed by atoms with Crippen molar-refractivity contribution in [2.24, 2.45) is 0 Å². The lowest BCUT2D eigenvalue weighted by atomic mass is 10.1. The van der Waals surface area contributed by atoms with Gasteiger partial charge in [0.15, 0.2) is 0 Å². The summed E-state index contributed by atoms with van der Waals surface area (Å²) in [6, 6.07) is 18.1. The highest BCUT2D eigenvalue weighted by molar-refractivity contribution is 6.03. The third-order valence-electron chi connectivity index (χ3n) is 3.94. The number of benzene rings is 2. The van der Waals surface area contributed by atoms with Gasteiger partial charge in [0.05, 0.1) is 0 Å². The molecule has 0 radical (unpaired) electrons. The number of anilines is 1. The molecule has 3 aromatic rings. The zero-order valence-corrected chi connectivity index (χ0v) is 14.5. The minimum atomic E-state index is -0.393. The lowest BCUT2D eigenvalue weighted by Gasteiger charge is -2.16. The number of rotatable bonds is 5. The van der Waals surface area contributed by atoms with Crippen LogP contribution in [0, 0.1) is 6.92 Å². The minimum absolute atomic E-state index is 0.0821. The number of nitrogens with zero attached hydrogens (tertiary/aromatic N) is 1. The molecule has 1 atom stereocenters. The van der Waals surface area contributed by atoms with Crippen LogP contribution in [0.2, 0.25) is 0 Å². The first-order chi connectivity index (χ1) is 12.5. The first-order valence-corrected chi connectivity index (χ1v) is 8.22. The van der Waals surface area contributed by atoms with Crippen molar-refractivity contribution < 1.29 is 9.53 Å². The van der Waals surface area contributed by atoms with Gasteiger partial charge in [0.1, 0.15) is 17.5 Å². The van der Waals surface area contributed by atoms with Gasteiger partial charge in [0.2, 0.25) is 0 Å². The van der Waals surface area contributed by atoms with E-state index in [0.29, 0.717) is 5.69 Å². The number of carbonyl (C=O) groups is 1. The number of hydrogen-bond acceptors (Lipinski definition) is 4. The van der Waals surface area contributed by atoms with Crippen LogP contribution in [0.3, 0.4) is 0 Å². The average Bonchev–Trinajstić information content (AvgIpc) is 2.65. The fourth-order valence-corrected chi connectivity index (χ4v) is 2.50. The van der Waals surface area contributed by atoms with Gasteiger partial charge in [-0.2, -0.15) is 5.10 Å². The summed E-state index contributed by atoms with van der Waals surface area (Å²) >= 11 is 0. The van der Waals surface area contributed by atoms with E-state index in [9.17, 15) is 9.59 Å². The molecule has 0 aliphatic rings. The molecule has 0 saturated heterocycles. The Hall–Kier alpha value is -3.41. The molecule has 0 bridgehead atoms. The summed E-state index contributed by atoms with van der Waals surface area (Å²) in [4.78, 5) is 23.2. The molecule has 3 rings (SSSR count). The number of aryl methyl sites for hydroxylation is 1. The number of ether oxygens (including phenoxy) is 1. The Balaban J connectivity index is 1.70. The number of aromatic nitrogens is 2. The van der Waals surface area contributed by atoms with Crippen molar-refractivity contribution in [2.75, 3.05) is 5.32 Å². The Morgan fingerprint density at radius 2 is 1.88 bits per heavy atom. The first kappa shape index (κ1) is 17.4. The molecule has 2 N–H and O–H groups in total. The molecule has 0 saturated carbocycles.